The number of hydrogen-bond acceptors (Lipinski definition) is 4. The van der Waals surface area contributed by atoms with Gasteiger partial charge in [0.1, 0.15) is 5.70 Å². The number of thioether (sulfide) groups is 1. The zero-order chi connectivity index (χ0) is 17.3. The summed E-state index contributed by atoms with van der Waals surface area (Å²) in [7, 11) is 0. The molecule has 0 atom stereocenters. The molecule has 2 heterocycles. The number of likely N-dealkylation sites (N-methyl/N-ethyl adjacent to an activating group) is 2. The van der Waals surface area contributed by atoms with Crippen LogP contribution in [-0.2, 0) is 4.79 Å². The highest BCUT2D eigenvalue weighted by Crippen LogP contribution is 2.45. The summed E-state index contributed by atoms with van der Waals surface area (Å²) in [5, 5.41) is 1.74. The van der Waals surface area contributed by atoms with Crippen molar-refractivity contribution in [3.8, 4) is 0 Å². The summed E-state index contributed by atoms with van der Waals surface area (Å²) >= 11 is 7.16. The van der Waals surface area contributed by atoms with Gasteiger partial charge in [-0.1, -0.05) is 23.9 Å². The van der Waals surface area contributed by atoms with E-state index in [1.165, 1.54) is 10.6 Å². The summed E-state index contributed by atoms with van der Waals surface area (Å²) < 4.78 is 0. The van der Waals surface area contributed by atoms with Crippen LogP contribution in [0.1, 0.15) is 20.8 Å². The number of nitrogens with zero attached hydrogens (tertiary/aromatic N) is 3. The zero-order valence-corrected chi connectivity index (χ0v) is 15.8. The molecule has 0 radical (unpaired) electrons. The number of benzene rings is 1. The molecule has 0 spiro atoms. The molecule has 0 N–H and O–H groups in total. The molecule has 3 rings (SSSR count). The highest BCUT2D eigenvalue weighted by atomic mass is 32.2. The Hall–Kier alpha value is -1.79. The molecule has 1 aromatic carbocycles. The average molecular weight is 360 g/mol. The maximum Gasteiger partial charge on any atom is 0.276 e. The molecule has 2 aliphatic rings. The van der Waals surface area contributed by atoms with Crippen LogP contribution < -0.4 is 4.90 Å². The van der Waals surface area contributed by atoms with Crippen molar-refractivity contribution in [2.45, 2.75) is 25.7 Å². The molecule has 0 bridgehead atoms. The van der Waals surface area contributed by atoms with E-state index < -0.39 is 0 Å². The smallest absolute Gasteiger partial charge is 0.276 e. The van der Waals surface area contributed by atoms with Crippen molar-refractivity contribution in [1.29, 1.82) is 0 Å². The Morgan fingerprint density at radius 3 is 2.33 bits per heavy atom. The van der Waals surface area contributed by atoms with Gasteiger partial charge in [0.25, 0.3) is 5.91 Å². The first kappa shape index (κ1) is 17.0. The number of amides is 1. The van der Waals surface area contributed by atoms with Gasteiger partial charge in [-0.2, -0.15) is 0 Å². The van der Waals surface area contributed by atoms with Crippen molar-refractivity contribution < 1.29 is 4.79 Å². The molecule has 1 fully saturated rings. The van der Waals surface area contributed by atoms with Gasteiger partial charge in [-0.3, -0.25) is 9.69 Å². The van der Waals surface area contributed by atoms with E-state index in [2.05, 4.69) is 36.1 Å². The zero-order valence-electron chi connectivity index (χ0n) is 14.2. The Labute approximate surface area is 152 Å². The van der Waals surface area contributed by atoms with Crippen molar-refractivity contribution in [1.82, 2.24) is 9.80 Å². The molecule has 6 heteroatoms. The van der Waals surface area contributed by atoms with Crippen LogP contribution in [0.2, 0.25) is 0 Å². The Bertz CT molecular complexity index is 742. The fourth-order valence-corrected chi connectivity index (χ4v) is 4.56. The first-order valence-electron chi connectivity index (χ1n) is 8.22. The van der Waals surface area contributed by atoms with Crippen LogP contribution in [0.25, 0.3) is 0 Å². The minimum atomic E-state index is -0.00948. The van der Waals surface area contributed by atoms with E-state index in [1.54, 1.807) is 16.7 Å². The van der Waals surface area contributed by atoms with E-state index >= 15 is 0 Å². The summed E-state index contributed by atoms with van der Waals surface area (Å²) in [6.45, 7) is 8.28. The second kappa shape index (κ2) is 6.99. The molecule has 1 amide bonds. The molecule has 1 aromatic rings. The van der Waals surface area contributed by atoms with E-state index in [-0.39, 0.29) is 5.91 Å². The third kappa shape index (κ3) is 2.74. The summed E-state index contributed by atoms with van der Waals surface area (Å²) in [4.78, 5) is 19.6. The lowest BCUT2D eigenvalue weighted by atomic mass is 10.3. The van der Waals surface area contributed by atoms with Crippen molar-refractivity contribution in [3.63, 3.8) is 0 Å². The minimum Gasteiger partial charge on any atom is -0.335 e. The molecule has 0 unspecified atom stereocenters. The number of hydrogen-bond donors (Lipinski definition) is 0. The summed E-state index contributed by atoms with van der Waals surface area (Å²) in [5.74, 6) is -0.00948. The Morgan fingerprint density at radius 2 is 1.67 bits per heavy atom. The Morgan fingerprint density at radius 1 is 1.00 bits per heavy atom. The van der Waals surface area contributed by atoms with E-state index in [9.17, 15) is 4.79 Å². The average Bonchev–Trinajstić information content (AvgIpc) is 3.06. The van der Waals surface area contributed by atoms with Gasteiger partial charge in [0.05, 0.1) is 10.7 Å². The number of fused-ring (bicyclic) bond motifs is 1. The largest absolute Gasteiger partial charge is 0.335 e. The van der Waals surface area contributed by atoms with Gasteiger partial charge in [0, 0.05) is 24.5 Å². The van der Waals surface area contributed by atoms with Crippen LogP contribution >= 0.6 is 24.0 Å². The molecular weight excluding hydrogens is 338 g/mol. The lowest BCUT2D eigenvalue weighted by Gasteiger charge is -2.18. The van der Waals surface area contributed by atoms with Gasteiger partial charge in [-0.05, 0) is 57.3 Å². The Kier molecular flexibility index (Phi) is 4.96. The third-order valence-corrected chi connectivity index (χ3v) is 5.76. The standard InChI is InChI=1S/C18H21N3OS2/c1-4-19-13-9-7-8-10-15(13)24-16(19)12-11-14-17(22)21(6-3)18(23)20(14)5-2/h7-12H,4-6H2,1-3H3/b14-11-,16-12+. The molecule has 0 aromatic heterocycles. The van der Waals surface area contributed by atoms with E-state index in [4.69, 9.17) is 12.2 Å². The van der Waals surface area contributed by atoms with Gasteiger partial charge >= 0.3 is 0 Å². The van der Waals surface area contributed by atoms with Crippen LogP contribution in [0.5, 0.6) is 0 Å². The van der Waals surface area contributed by atoms with Crippen LogP contribution in [0.3, 0.4) is 0 Å². The second-order valence-electron chi connectivity index (χ2n) is 5.45. The molecule has 2 aliphatic heterocycles. The highest BCUT2D eigenvalue weighted by Gasteiger charge is 2.35. The number of allylic oxidation sites excluding steroid dienone is 2. The van der Waals surface area contributed by atoms with Crippen molar-refractivity contribution in [3.05, 3.63) is 47.1 Å². The molecule has 0 aliphatic carbocycles. The second-order valence-corrected chi connectivity index (χ2v) is 6.87. The number of rotatable bonds is 4. The molecule has 1 saturated heterocycles. The Balaban J connectivity index is 1.93. The van der Waals surface area contributed by atoms with Gasteiger partial charge in [0.15, 0.2) is 5.11 Å². The third-order valence-electron chi connectivity index (χ3n) is 4.19. The SMILES string of the molecule is CCN1C(=O)/C(=C/C=C2/Sc3ccccc3N2CC)N(CC)C1=S. The number of anilines is 1. The van der Waals surface area contributed by atoms with Crippen LogP contribution in [0.15, 0.2) is 52.0 Å². The number of carbonyl (C=O) groups excluding carboxylic acids is 1. The fourth-order valence-electron chi connectivity index (χ4n) is 2.99. The minimum absolute atomic E-state index is 0.00948. The number of carbonyl (C=O) groups is 1. The molecular formula is C18H21N3OS2. The van der Waals surface area contributed by atoms with E-state index in [0.717, 1.165) is 11.6 Å². The predicted molar refractivity (Wildman–Crippen MR) is 104 cm³/mol. The number of thiocarbonyl (C=S) groups is 1. The quantitative estimate of drug-likeness (QED) is 0.602. The lowest BCUT2D eigenvalue weighted by molar-refractivity contribution is -0.122. The van der Waals surface area contributed by atoms with E-state index in [0.29, 0.717) is 23.9 Å². The molecule has 126 valence electrons. The summed E-state index contributed by atoms with van der Waals surface area (Å²) in [5.41, 5.74) is 1.88. The fraction of sp³-hybridized carbons (Fsp3) is 0.333. The van der Waals surface area contributed by atoms with Crippen molar-refractivity contribution >= 4 is 40.7 Å². The highest BCUT2D eigenvalue weighted by molar-refractivity contribution is 8.03. The summed E-state index contributed by atoms with van der Waals surface area (Å²) in [6.07, 6.45) is 3.94. The molecule has 4 nitrogen and oxygen atoms in total. The normalized spacial score (nSPS) is 20.7. The number of para-hydroxylation sites is 1. The summed E-state index contributed by atoms with van der Waals surface area (Å²) in [6, 6.07) is 8.37. The first-order chi connectivity index (χ1) is 11.6. The van der Waals surface area contributed by atoms with Crippen LogP contribution in [-0.4, -0.2) is 40.5 Å². The lowest BCUT2D eigenvalue weighted by Crippen LogP contribution is -2.32. The first-order valence-corrected chi connectivity index (χ1v) is 9.44. The van der Waals surface area contributed by atoms with Gasteiger partial charge in [-0.25, -0.2) is 0 Å². The van der Waals surface area contributed by atoms with Gasteiger partial charge < -0.3 is 9.80 Å². The monoisotopic (exact) mass is 359 g/mol. The topological polar surface area (TPSA) is 26.8 Å². The van der Waals surface area contributed by atoms with Crippen molar-refractivity contribution in [2.75, 3.05) is 24.5 Å². The predicted octanol–water partition coefficient (Wildman–Crippen LogP) is 3.81. The van der Waals surface area contributed by atoms with E-state index in [1.807, 2.05) is 30.9 Å². The molecule has 24 heavy (non-hydrogen) atoms. The molecule has 0 saturated carbocycles. The van der Waals surface area contributed by atoms with Gasteiger partial charge in [0.2, 0.25) is 0 Å². The van der Waals surface area contributed by atoms with Crippen LogP contribution in [0.4, 0.5) is 5.69 Å². The van der Waals surface area contributed by atoms with Crippen molar-refractivity contribution in [2.24, 2.45) is 0 Å². The van der Waals surface area contributed by atoms with Gasteiger partial charge in [-0.15, -0.1) is 0 Å². The van der Waals surface area contributed by atoms with Crippen LogP contribution in [0, 0.1) is 0 Å². The maximum absolute atomic E-state index is 12.6. The maximum atomic E-state index is 12.6.